The van der Waals surface area contributed by atoms with Crippen LogP contribution in [0.5, 0.6) is 0 Å². The molecule has 1 atom stereocenters. The van der Waals surface area contributed by atoms with Gasteiger partial charge in [-0.25, -0.2) is 8.42 Å². The molecular weight excluding hydrogens is 331 g/mol. The molecule has 1 aliphatic heterocycles. The Hall–Kier alpha value is -0.330. The van der Waals surface area contributed by atoms with Crippen LogP contribution >= 0.6 is 23.2 Å². The Bertz CT molecular complexity index is 620. The highest BCUT2D eigenvalue weighted by Crippen LogP contribution is 2.34. The average Bonchev–Trinajstić information content (AvgIpc) is 2.90. The van der Waals surface area contributed by atoms with Gasteiger partial charge in [-0.05, 0) is 36.5 Å². The number of halogens is 2. The number of benzene rings is 1. The Kier molecular flexibility index (Phi) is 5.54. The minimum Gasteiger partial charge on any atom is -0.326 e. The van der Waals surface area contributed by atoms with Gasteiger partial charge in [-0.1, -0.05) is 36.5 Å². The van der Waals surface area contributed by atoms with E-state index in [1.54, 1.807) is 6.07 Å². The van der Waals surface area contributed by atoms with Crippen LogP contribution in [-0.2, 0) is 16.6 Å². The molecule has 2 N–H and O–H groups in total. The molecule has 1 unspecified atom stereocenters. The fraction of sp³-hybridized carbons (Fsp3) is 0.571. The Morgan fingerprint density at radius 2 is 2.10 bits per heavy atom. The lowest BCUT2D eigenvalue weighted by atomic mass is 10.0. The first kappa shape index (κ1) is 17.0. The molecule has 21 heavy (non-hydrogen) atoms. The van der Waals surface area contributed by atoms with E-state index < -0.39 is 10.0 Å². The van der Waals surface area contributed by atoms with Crippen LogP contribution in [-0.4, -0.2) is 25.8 Å². The minimum atomic E-state index is -3.61. The van der Waals surface area contributed by atoms with Gasteiger partial charge < -0.3 is 5.73 Å². The third kappa shape index (κ3) is 3.54. The van der Waals surface area contributed by atoms with Crippen LogP contribution in [0.4, 0.5) is 0 Å². The standard InChI is InChI=1S/C14H20Cl2N2O2S/c1-2-3-10-4-5-18(9-10)21(19,20)13-7-12(15)6-11(8-17)14(13)16/h6-7,10H,2-5,8-9,17H2,1H3. The summed E-state index contributed by atoms with van der Waals surface area (Å²) in [6.45, 7) is 3.35. The maximum atomic E-state index is 12.8. The molecule has 0 radical (unpaired) electrons. The van der Waals surface area contributed by atoms with Gasteiger partial charge in [0, 0.05) is 24.7 Å². The first-order valence-electron chi connectivity index (χ1n) is 7.08. The van der Waals surface area contributed by atoms with Gasteiger partial charge in [0.15, 0.2) is 0 Å². The van der Waals surface area contributed by atoms with E-state index in [2.05, 4.69) is 6.92 Å². The second-order valence-corrected chi connectivity index (χ2v) is 8.11. The van der Waals surface area contributed by atoms with Crippen LogP contribution in [0.2, 0.25) is 10.0 Å². The lowest BCUT2D eigenvalue weighted by Gasteiger charge is -2.18. The molecular formula is C14H20Cl2N2O2S. The molecule has 1 aromatic rings. The van der Waals surface area contributed by atoms with Crippen molar-refractivity contribution in [2.24, 2.45) is 11.7 Å². The first-order valence-corrected chi connectivity index (χ1v) is 9.27. The van der Waals surface area contributed by atoms with E-state index in [0.29, 0.717) is 29.6 Å². The van der Waals surface area contributed by atoms with Crippen LogP contribution in [0.15, 0.2) is 17.0 Å². The number of hydrogen-bond donors (Lipinski definition) is 1. The van der Waals surface area contributed by atoms with Crippen molar-refractivity contribution in [1.29, 1.82) is 0 Å². The SMILES string of the molecule is CCCC1CCN(S(=O)(=O)c2cc(Cl)cc(CN)c2Cl)C1. The van der Waals surface area contributed by atoms with Crippen LogP contribution < -0.4 is 5.73 Å². The van der Waals surface area contributed by atoms with E-state index in [9.17, 15) is 8.42 Å². The second-order valence-electron chi connectivity index (χ2n) is 5.39. The molecule has 1 heterocycles. The molecule has 0 saturated carbocycles. The number of nitrogens with zero attached hydrogens (tertiary/aromatic N) is 1. The fourth-order valence-electron chi connectivity index (χ4n) is 2.75. The molecule has 0 aromatic heterocycles. The Morgan fingerprint density at radius 3 is 2.71 bits per heavy atom. The zero-order valence-corrected chi connectivity index (χ0v) is 14.3. The van der Waals surface area contributed by atoms with E-state index >= 15 is 0 Å². The highest BCUT2D eigenvalue weighted by Gasteiger charge is 2.34. The maximum Gasteiger partial charge on any atom is 0.244 e. The van der Waals surface area contributed by atoms with Gasteiger partial charge in [-0.15, -0.1) is 0 Å². The highest BCUT2D eigenvalue weighted by molar-refractivity contribution is 7.89. The summed E-state index contributed by atoms with van der Waals surface area (Å²) >= 11 is 12.2. The summed E-state index contributed by atoms with van der Waals surface area (Å²) in [5.41, 5.74) is 6.14. The van der Waals surface area contributed by atoms with Crippen LogP contribution in [0.3, 0.4) is 0 Å². The number of nitrogens with two attached hydrogens (primary N) is 1. The number of sulfonamides is 1. The summed E-state index contributed by atoms with van der Waals surface area (Å²) in [5, 5.41) is 0.517. The van der Waals surface area contributed by atoms with Crippen molar-refractivity contribution in [1.82, 2.24) is 4.31 Å². The van der Waals surface area contributed by atoms with Crippen molar-refractivity contribution >= 4 is 33.2 Å². The zero-order chi connectivity index (χ0) is 15.6. The topological polar surface area (TPSA) is 63.4 Å². The molecule has 0 aliphatic carbocycles. The van der Waals surface area contributed by atoms with Gasteiger partial charge >= 0.3 is 0 Å². The molecule has 0 spiro atoms. The monoisotopic (exact) mass is 350 g/mol. The molecule has 7 heteroatoms. The normalized spacial score (nSPS) is 20.1. The molecule has 1 fully saturated rings. The lowest BCUT2D eigenvalue weighted by Crippen LogP contribution is -2.29. The third-order valence-corrected chi connectivity index (χ3v) is 6.53. The first-order chi connectivity index (χ1) is 9.90. The number of rotatable bonds is 5. The molecule has 1 aliphatic rings. The molecule has 118 valence electrons. The summed E-state index contributed by atoms with van der Waals surface area (Å²) < 4.78 is 27.0. The van der Waals surface area contributed by atoms with Crippen molar-refractivity contribution in [3.8, 4) is 0 Å². The molecule has 2 rings (SSSR count). The van der Waals surface area contributed by atoms with E-state index in [0.717, 1.165) is 19.3 Å². The van der Waals surface area contributed by atoms with Crippen molar-refractivity contribution < 1.29 is 8.42 Å². The maximum absolute atomic E-state index is 12.8. The predicted molar refractivity (Wildman–Crippen MR) is 86.1 cm³/mol. The minimum absolute atomic E-state index is 0.0641. The van der Waals surface area contributed by atoms with Crippen molar-refractivity contribution in [3.63, 3.8) is 0 Å². The lowest BCUT2D eigenvalue weighted by molar-refractivity contribution is 0.444. The van der Waals surface area contributed by atoms with Crippen molar-refractivity contribution in [2.45, 2.75) is 37.6 Å². The van der Waals surface area contributed by atoms with Crippen molar-refractivity contribution in [2.75, 3.05) is 13.1 Å². The second kappa shape index (κ2) is 6.84. The van der Waals surface area contributed by atoms with E-state index in [1.807, 2.05) is 0 Å². The third-order valence-electron chi connectivity index (χ3n) is 3.86. The molecule has 4 nitrogen and oxygen atoms in total. The molecule has 1 saturated heterocycles. The van der Waals surface area contributed by atoms with Gasteiger partial charge in [0.2, 0.25) is 10.0 Å². The predicted octanol–water partition coefficient (Wildman–Crippen LogP) is 3.26. The summed E-state index contributed by atoms with van der Waals surface area (Å²) in [5.74, 6) is 0.428. The Balaban J connectivity index is 2.35. The highest BCUT2D eigenvalue weighted by atomic mass is 35.5. The van der Waals surface area contributed by atoms with Crippen LogP contribution in [0, 0.1) is 5.92 Å². The van der Waals surface area contributed by atoms with Crippen LogP contribution in [0.25, 0.3) is 0 Å². The van der Waals surface area contributed by atoms with Gasteiger partial charge in [-0.2, -0.15) is 4.31 Å². The largest absolute Gasteiger partial charge is 0.326 e. The quantitative estimate of drug-likeness (QED) is 0.886. The van der Waals surface area contributed by atoms with Gasteiger partial charge in [0.05, 0.1) is 5.02 Å². The van der Waals surface area contributed by atoms with E-state index in [1.165, 1.54) is 10.4 Å². The Labute approximate surface area is 136 Å². The summed E-state index contributed by atoms with van der Waals surface area (Å²) in [7, 11) is -3.61. The average molecular weight is 351 g/mol. The fourth-order valence-corrected chi connectivity index (χ4v) is 5.20. The molecule has 1 aromatic carbocycles. The summed E-state index contributed by atoms with van der Waals surface area (Å²) in [6.07, 6.45) is 3.01. The number of hydrogen-bond acceptors (Lipinski definition) is 3. The van der Waals surface area contributed by atoms with Gasteiger partial charge in [0.25, 0.3) is 0 Å². The van der Waals surface area contributed by atoms with E-state index in [4.69, 9.17) is 28.9 Å². The summed E-state index contributed by atoms with van der Waals surface area (Å²) in [6, 6.07) is 3.01. The van der Waals surface area contributed by atoms with Crippen molar-refractivity contribution in [3.05, 3.63) is 27.7 Å². The van der Waals surface area contributed by atoms with Gasteiger partial charge in [0.1, 0.15) is 4.90 Å². The van der Waals surface area contributed by atoms with Crippen LogP contribution in [0.1, 0.15) is 31.7 Å². The zero-order valence-electron chi connectivity index (χ0n) is 12.0. The van der Waals surface area contributed by atoms with E-state index in [-0.39, 0.29) is 16.5 Å². The molecule has 0 bridgehead atoms. The summed E-state index contributed by atoms with van der Waals surface area (Å²) in [4.78, 5) is 0.0641. The van der Waals surface area contributed by atoms with Gasteiger partial charge in [-0.3, -0.25) is 0 Å². The smallest absolute Gasteiger partial charge is 0.244 e. The molecule has 0 amide bonds. The Morgan fingerprint density at radius 1 is 1.38 bits per heavy atom.